The SMILES string of the molecule is CCc1ccc(O)cc1O.CO[Si](CCCNc1ccccc1)(OC)OC. The smallest absolute Gasteiger partial charge is 0.500 e. The number of anilines is 1. The van der Waals surface area contributed by atoms with Crippen LogP contribution >= 0.6 is 0 Å². The highest BCUT2D eigenvalue weighted by Gasteiger charge is 2.36. The molecule has 27 heavy (non-hydrogen) atoms. The first-order chi connectivity index (χ1) is 13.0. The number of rotatable bonds is 9. The first-order valence-electron chi connectivity index (χ1n) is 8.95. The number of phenols is 2. The van der Waals surface area contributed by atoms with Crippen molar-refractivity contribution >= 4 is 14.5 Å². The summed E-state index contributed by atoms with van der Waals surface area (Å²) in [4.78, 5) is 0. The number of hydrogen-bond donors (Lipinski definition) is 3. The second kappa shape index (κ2) is 12.3. The number of para-hydroxylation sites is 1. The molecule has 0 aliphatic rings. The number of nitrogens with one attached hydrogen (secondary N) is 1. The van der Waals surface area contributed by atoms with Gasteiger partial charge in [-0.15, -0.1) is 0 Å². The van der Waals surface area contributed by atoms with E-state index < -0.39 is 8.80 Å². The summed E-state index contributed by atoms with van der Waals surface area (Å²) in [6.07, 6.45) is 1.74. The van der Waals surface area contributed by atoms with E-state index in [1.807, 2.05) is 37.3 Å². The molecule has 6 nitrogen and oxygen atoms in total. The second-order valence-electron chi connectivity index (χ2n) is 5.86. The van der Waals surface area contributed by atoms with Crippen LogP contribution in [0.1, 0.15) is 18.9 Å². The van der Waals surface area contributed by atoms with Gasteiger partial charge in [0.15, 0.2) is 0 Å². The van der Waals surface area contributed by atoms with Gasteiger partial charge in [0.1, 0.15) is 11.5 Å². The summed E-state index contributed by atoms with van der Waals surface area (Å²) in [5, 5.41) is 21.3. The minimum Gasteiger partial charge on any atom is -0.508 e. The Balaban J connectivity index is 0.000000309. The molecule has 0 radical (unpaired) electrons. The van der Waals surface area contributed by atoms with Gasteiger partial charge in [-0.2, -0.15) is 0 Å². The van der Waals surface area contributed by atoms with E-state index in [1.165, 1.54) is 6.07 Å². The van der Waals surface area contributed by atoms with Crippen molar-refractivity contribution in [2.45, 2.75) is 25.8 Å². The van der Waals surface area contributed by atoms with Gasteiger partial charge in [-0.25, -0.2) is 0 Å². The molecule has 0 aliphatic heterocycles. The van der Waals surface area contributed by atoms with E-state index in [1.54, 1.807) is 33.5 Å². The molecule has 0 fully saturated rings. The summed E-state index contributed by atoms with van der Waals surface area (Å²) < 4.78 is 16.1. The fourth-order valence-electron chi connectivity index (χ4n) is 2.50. The fraction of sp³-hybridized carbons (Fsp3) is 0.400. The van der Waals surface area contributed by atoms with Crippen molar-refractivity contribution in [3.05, 3.63) is 54.1 Å². The van der Waals surface area contributed by atoms with Gasteiger partial charge in [0.05, 0.1) is 0 Å². The van der Waals surface area contributed by atoms with E-state index >= 15 is 0 Å². The van der Waals surface area contributed by atoms with Crippen molar-refractivity contribution in [3.63, 3.8) is 0 Å². The van der Waals surface area contributed by atoms with Crippen LogP contribution in [0.4, 0.5) is 5.69 Å². The molecule has 0 amide bonds. The van der Waals surface area contributed by atoms with Crippen molar-refractivity contribution in [2.24, 2.45) is 0 Å². The predicted octanol–water partition coefficient (Wildman–Crippen LogP) is 4.03. The number of aryl methyl sites for hydroxylation is 1. The standard InChI is InChI=1S/C12H21NO3Si.C8H10O2/c1-14-17(15-2,16-3)11-7-10-13-12-8-5-4-6-9-12;1-2-6-3-4-7(9)5-8(6)10/h4-6,8-9,13H,7,10-11H2,1-3H3;3-5,9-10H,2H2,1H3. The molecule has 0 spiro atoms. The third-order valence-corrected chi connectivity index (χ3v) is 6.98. The molecule has 0 aliphatic carbocycles. The van der Waals surface area contributed by atoms with E-state index in [2.05, 4.69) is 5.32 Å². The quantitative estimate of drug-likeness (QED) is 0.441. The topological polar surface area (TPSA) is 80.2 Å². The second-order valence-corrected chi connectivity index (χ2v) is 8.95. The van der Waals surface area contributed by atoms with Gasteiger partial charge >= 0.3 is 8.80 Å². The van der Waals surface area contributed by atoms with E-state index in [0.29, 0.717) is 0 Å². The van der Waals surface area contributed by atoms with Crippen LogP contribution in [-0.2, 0) is 19.7 Å². The first-order valence-corrected chi connectivity index (χ1v) is 10.9. The summed E-state index contributed by atoms with van der Waals surface area (Å²) in [5.41, 5.74) is 1.99. The minimum atomic E-state index is -2.40. The fourth-order valence-corrected chi connectivity index (χ4v) is 4.22. The molecule has 2 rings (SSSR count). The van der Waals surface area contributed by atoms with Crippen molar-refractivity contribution < 1.29 is 23.5 Å². The molecule has 0 saturated carbocycles. The Morgan fingerprint density at radius 2 is 1.56 bits per heavy atom. The van der Waals surface area contributed by atoms with Crippen LogP contribution in [0.25, 0.3) is 0 Å². The van der Waals surface area contributed by atoms with E-state index in [9.17, 15) is 0 Å². The lowest BCUT2D eigenvalue weighted by molar-refractivity contribution is 0.123. The molecule has 0 bridgehead atoms. The molecule has 2 aromatic carbocycles. The summed E-state index contributed by atoms with van der Waals surface area (Å²) in [5.74, 6) is 0.275. The third-order valence-electron chi connectivity index (χ3n) is 4.15. The van der Waals surface area contributed by atoms with E-state index in [4.69, 9.17) is 23.5 Å². The molecule has 0 aromatic heterocycles. The minimum absolute atomic E-state index is 0.106. The molecular formula is C20H31NO5Si. The predicted molar refractivity (Wildman–Crippen MR) is 110 cm³/mol. The zero-order chi connectivity index (χ0) is 20.1. The highest BCUT2D eigenvalue weighted by Crippen LogP contribution is 2.22. The van der Waals surface area contributed by atoms with Crippen LogP contribution in [0, 0.1) is 0 Å². The van der Waals surface area contributed by atoms with Crippen molar-refractivity contribution in [1.29, 1.82) is 0 Å². The summed E-state index contributed by atoms with van der Waals surface area (Å²) >= 11 is 0. The van der Waals surface area contributed by atoms with Gasteiger partial charge < -0.3 is 28.8 Å². The molecule has 2 aromatic rings. The first kappa shape index (κ1) is 23.0. The highest BCUT2D eigenvalue weighted by molar-refractivity contribution is 6.60. The van der Waals surface area contributed by atoms with Gasteiger partial charge in [-0.3, -0.25) is 0 Å². The van der Waals surface area contributed by atoms with Crippen LogP contribution in [0.2, 0.25) is 6.04 Å². The zero-order valence-corrected chi connectivity index (χ0v) is 17.6. The molecule has 3 N–H and O–H groups in total. The maximum absolute atomic E-state index is 9.13. The highest BCUT2D eigenvalue weighted by atomic mass is 28.4. The molecule has 0 heterocycles. The van der Waals surface area contributed by atoms with Crippen LogP contribution in [0.15, 0.2) is 48.5 Å². The van der Waals surface area contributed by atoms with Gasteiger partial charge in [0, 0.05) is 45.7 Å². The summed E-state index contributed by atoms with van der Waals surface area (Å²) in [6, 6.07) is 15.6. The Morgan fingerprint density at radius 3 is 2.07 bits per heavy atom. The largest absolute Gasteiger partial charge is 0.508 e. The van der Waals surface area contributed by atoms with Crippen LogP contribution in [0.5, 0.6) is 11.5 Å². The molecular weight excluding hydrogens is 362 g/mol. The van der Waals surface area contributed by atoms with E-state index in [0.717, 1.165) is 36.7 Å². The van der Waals surface area contributed by atoms with Crippen molar-refractivity contribution in [1.82, 2.24) is 0 Å². The number of aromatic hydroxyl groups is 2. The lowest BCUT2D eigenvalue weighted by atomic mass is 10.1. The summed E-state index contributed by atoms with van der Waals surface area (Å²) in [7, 11) is 2.53. The average molecular weight is 394 g/mol. The maximum Gasteiger partial charge on any atom is 0.500 e. The van der Waals surface area contributed by atoms with Gasteiger partial charge in [0.25, 0.3) is 0 Å². The lowest BCUT2D eigenvalue weighted by Crippen LogP contribution is -2.42. The van der Waals surface area contributed by atoms with E-state index in [-0.39, 0.29) is 11.5 Å². The van der Waals surface area contributed by atoms with Crippen LogP contribution < -0.4 is 5.32 Å². The number of phenolic OH excluding ortho intramolecular Hbond substituents is 2. The Bertz CT molecular complexity index is 642. The maximum atomic E-state index is 9.13. The third kappa shape index (κ3) is 8.00. The lowest BCUT2D eigenvalue weighted by Gasteiger charge is -2.24. The van der Waals surface area contributed by atoms with Gasteiger partial charge in [-0.05, 0) is 36.6 Å². The Morgan fingerprint density at radius 1 is 0.926 bits per heavy atom. The molecule has 0 unspecified atom stereocenters. The number of hydrogen-bond acceptors (Lipinski definition) is 6. The van der Waals surface area contributed by atoms with Crippen LogP contribution in [-0.4, -0.2) is 46.9 Å². The van der Waals surface area contributed by atoms with Gasteiger partial charge in [-0.1, -0.05) is 31.2 Å². The normalized spacial score (nSPS) is 10.8. The molecule has 7 heteroatoms. The molecule has 0 saturated heterocycles. The summed E-state index contributed by atoms with van der Waals surface area (Å²) in [6.45, 7) is 2.83. The monoisotopic (exact) mass is 393 g/mol. The molecule has 0 atom stereocenters. The Hall–Kier alpha value is -2.06. The zero-order valence-electron chi connectivity index (χ0n) is 16.6. The van der Waals surface area contributed by atoms with Crippen LogP contribution in [0.3, 0.4) is 0 Å². The van der Waals surface area contributed by atoms with Crippen molar-refractivity contribution in [2.75, 3.05) is 33.2 Å². The average Bonchev–Trinajstić information content (AvgIpc) is 2.70. The Kier molecular flexibility index (Phi) is 10.5. The molecule has 150 valence electrons. The Labute approximate surface area is 163 Å². The number of benzene rings is 2. The van der Waals surface area contributed by atoms with Crippen molar-refractivity contribution in [3.8, 4) is 11.5 Å². The van der Waals surface area contributed by atoms with Gasteiger partial charge in [0.2, 0.25) is 0 Å².